The molecule has 3 heterocycles. The molecule has 0 amide bonds. The number of quaternary nitrogens is 1. The van der Waals surface area contributed by atoms with Crippen molar-refractivity contribution in [3.05, 3.63) is 83.9 Å². The second-order valence-electron chi connectivity index (χ2n) is 14.8. The van der Waals surface area contributed by atoms with Crippen molar-refractivity contribution in [2.24, 2.45) is 0 Å². The van der Waals surface area contributed by atoms with Crippen LogP contribution >= 0.6 is 0 Å². The Morgan fingerprint density at radius 3 is 1.78 bits per heavy atom. The standard InChI is InChI=1S/C43H62NO5/c1-2-3-4-5-6-7-8-9-10-11-12-13-14-15-24-33-47-42(46)49-43(36-25-18-16-19-26-36,37-27-20-17-21-28-37)41(45)48-40-34-38-29-30-39(35-40)44(38)31-22-23-32-44/h9-10,16-21,25-28,38-40H,2-8,11-15,22-24,29-35H2,1H3/q+1/b10-9-. The van der Waals surface area contributed by atoms with Crippen LogP contribution in [0.4, 0.5) is 4.79 Å². The van der Waals surface area contributed by atoms with Crippen molar-refractivity contribution in [1.82, 2.24) is 0 Å². The van der Waals surface area contributed by atoms with Gasteiger partial charge in [-0.2, -0.15) is 0 Å². The van der Waals surface area contributed by atoms with Crippen LogP contribution in [0.1, 0.15) is 140 Å². The number of allylic oxidation sites excluding steroid dienone is 2. The number of nitrogens with zero attached hydrogens (tertiary/aromatic N) is 1. The Morgan fingerprint density at radius 2 is 1.22 bits per heavy atom. The zero-order chi connectivity index (χ0) is 34.2. The zero-order valence-electron chi connectivity index (χ0n) is 30.2. The quantitative estimate of drug-likeness (QED) is 0.0606. The first kappa shape index (κ1) is 37.1. The van der Waals surface area contributed by atoms with Crippen LogP contribution in [0.5, 0.6) is 0 Å². The normalized spacial score (nSPS) is 21.3. The largest absolute Gasteiger partial charge is 0.510 e. The fraction of sp³-hybridized carbons (Fsp3) is 0.628. The summed E-state index contributed by atoms with van der Waals surface area (Å²) in [6.45, 7) is 5.05. The summed E-state index contributed by atoms with van der Waals surface area (Å²) >= 11 is 0. The molecule has 2 unspecified atom stereocenters. The topological polar surface area (TPSA) is 61.8 Å². The van der Waals surface area contributed by atoms with E-state index in [0.29, 0.717) is 23.2 Å². The number of hydrogen-bond donors (Lipinski definition) is 0. The van der Waals surface area contributed by atoms with Gasteiger partial charge in [0.1, 0.15) is 6.10 Å². The van der Waals surface area contributed by atoms with Crippen molar-refractivity contribution in [1.29, 1.82) is 0 Å². The van der Waals surface area contributed by atoms with Crippen LogP contribution in [-0.2, 0) is 24.6 Å². The highest BCUT2D eigenvalue weighted by Gasteiger charge is 2.57. The van der Waals surface area contributed by atoms with Crippen LogP contribution in [0, 0.1) is 0 Å². The van der Waals surface area contributed by atoms with E-state index in [4.69, 9.17) is 14.2 Å². The minimum Gasteiger partial charge on any atom is -0.458 e. The average Bonchev–Trinajstić information content (AvgIpc) is 3.67. The van der Waals surface area contributed by atoms with Gasteiger partial charge in [0.2, 0.25) is 0 Å². The van der Waals surface area contributed by atoms with Gasteiger partial charge >= 0.3 is 12.1 Å². The van der Waals surface area contributed by atoms with Crippen molar-refractivity contribution >= 4 is 12.1 Å². The number of ether oxygens (including phenoxy) is 3. The Balaban J connectivity index is 1.11. The van der Waals surface area contributed by atoms with Crippen LogP contribution in [-0.4, -0.2) is 54.5 Å². The van der Waals surface area contributed by atoms with Crippen LogP contribution < -0.4 is 0 Å². The monoisotopic (exact) mass is 672 g/mol. The van der Waals surface area contributed by atoms with E-state index in [2.05, 4.69) is 19.1 Å². The molecule has 6 heteroatoms. The second kappa shape index (κ2) is 19.3. The van der Waals surface area contributed by atoms with Gasteiger partial charge in [0, 0.05) is 49.7 Å². The lowest BCUT2D eigenvalue weighted by molar-refractivity contribution is -0.956. The van der Waals surface area contributed by atoms with E-state index in [9.17, 15) is 9.59 Å². The highest BCUT2D eigenvalue weighted by atomic mass is 16.7. The molecule has 2 bridgehead atoms. The van der Waals surface area contributed by atoms with E-state index in [1.165, 1.54) is 101 Å². The van der Waals surface area contributed by atoms with Crippen molar-refractivity contribution in [2.75, 3.05) is 19.7 Å². The maximum Gasteiger partial charge on any atom is 0.510 e. The van der Waals surface area contributed by atoms with Crippen molar-refractivity contribution in [3.8, 4) is 0 Å². The maximum atomic E-state index is 14.5. The summed E-state index contributed by atoms with van der Waals surface area (Å²) in [5, 5.41) is 0. The molecule has 0 N–H and O–H groups in total. The zero-order valence-corrected chi connectivity index (χ0v) is 30.2. The highest BCUT2D eigenvalue weighted by molar-refractivity contribution is 5.88. The predicted octanol–water partition coefficient (Wildman–Crippen LogP) is 10.6. The first-order chi connectivity index (χ1) is 24.1. The molecule has 3 aliphatic heterocycles. The van der Waals surface area contributed by atoms with E-state index in [0.717, 1.165) is 38.5 Å². The Labute approximate surface area is 296 Å². The summed E-state index contributed by atoms with van der Waals surface area (Å²) in [6.07, 6.45) is 26.1. The number of rotatable bonds is 20. The number of hydrogen-bond acceptors (Lipinski definition) is 5. The van der Waals surface area contributed by atoms with Gasteiger partial charge in [-0.25, -0.2) is 9.59 Å². The molecular weight excluding hydrogens is 610 g/mol. The van der Waals surface area contributed by atoms with Gasteiger partial charge < -0.3 is 18.7 Å². The Morgan fingerprint density at radius 1 is 0.714 bits per heavy atom. The Bertz CT molecular complexity index is 1230. The molecule has 5 rings (SSSR count). The third-order valence-corrected chi connectivity index (χ3v) is 11.5. The first-order valence-electron chi connectivity index (χ1n) is 19.8. The smallest absolute Gasteiger partial charge is 0.458 e. The molecule has 268 valence electrons. The number of piperidine rings is 1. The lowest BCUT2D eigenvalue weighted by Crippen LogP contribution is -2.60. The van der Waals surface area contributed by atoms with Gasteiger partial charge in [0.05, 0.1) is 31.8 Å². The summed E-state index contributed by atoms with van der Waals surface area (Å²) in [4.78, 5) is 27.8. The van der Waals surface area contributed by atoms with Crippen LogP contribution in [0.3, 0.4) is 0 Å². The molecule has 0 aromatic heterocycles. The molecule has 3 fully saturated rings. The molecule has 0 saturated carbocycles. The number of benzene rings is 2. The molecule has 3 aliphatic rings. The SMILES string of the molecule is CCCCCCCC/C=C\CCCCCCCOC(=O)OC(C(=O)OC1CC2CCC(C1)[N+]21CCCC1)(c1ccccc1)c1ccccc1. The Kier molecular flexibility index (Phi) is 14.6. The van der Waals surface area contributed by atoms with Gasteiger partial charge in [-0.15, -0.1) is 0 Å². The van der Waals surface area contributed by atoms with Crippen molar-refractivity contribution in [2.45, 2.75) is 153 Å². The van der Waals surface area contributed by atoms with Gasteiger partial charge in [0.25, 0.3) is 5.60 Å². The van der Waals surface area contributed by atoms with E-state index in [1.54, 1.807) is 0 Å². The molecule has 2 aromatic carbocycles. The summed E-state index contributed by atoms with van der Waals surface area (Å²) in [6, 6.07) is 19.7. The summed E-state index contributed by atoms with van der Waals surface area (Å²) in [7, 11) is 0. The van der Waals surface area contributed by atoms with E-state index < -0.39 is 17.7 Å². The number of esters is 1. The molecule has 49 heavy (non-hydrogen) atoms. The predicted molar refractivity (Wildman–Crippen MR) is 196 cm³/mol. The number of unbranched alkanes of at least 4 members (excludes halogenated alkanes) is 11. The van der Waals surface area contributed by atoms with E-state index in [1.807, 2.05) is 60.7 Å². The molecular formula is C43H62NO5+. The Hall–Kier alpha value is -3.12. The van der Waals surface area contributed by atoms with Crippen molar-refractivity contribution in [3.63, 3.8) is 0 Å². The van der Waals surface area contributed by atoms with Gasteiger partial charge in [0.15, 0.2) is 0 Å². The minimum atomic E-state index is -1.75. The molecule has 1 spiro atoms. The van der Waals surface area contributed by atoms with Gasteiger partial charge in [-0.1, -0.05) is 131 Å². The molecule has 6 nitrogen and oxygen atoms in total. The van der Waals surface area contributed by atoms with Crippen LogP contribution in [0.25, 0.3) is 0 Å². The third kappa shape index (κ3) is 9.78. The summed E-state index contributed by atoms with van der Waals surface area (Å²) in [5.74, 6) is -0.540. The number of carbonyl (C=O) groups is 2. The lowest BCUT2D eigenvalue weighted by Gasteiger charge is -2.47. The van der Waals surface area contributed by atoms with Crippen molar-refractivity contribution < 1.29 is 28.3 Å². The summed E-state index contributed by atoms with van der Waals surface area (Å²) in [5.41, 5.74) is -0.629. The van der Waals surface area contributed by atoms with E-state index >= 15 is 0 Å². The van der Waals surface area contributed by atoms with Crippen LogP contribution in [0.15, 0.2) is 72.8 Å². The van der Waals surface area contributed by atoms with Crippen LogP contribution in [0.2, 0.25) is 0 Å². The third-order valence-electron chi connectivity index (χ3n) is 11.5. The fourth-order valence-electron chi connectivity index (χ4n) is 8.93. The molecule has 2 atom stereocenters. The molecule has 2 aromatic rings. The second-order valence-corrected chi connectivity index (χ2v) is 14.8. The molecule has 0 radical (unpaired) electrons. The maximum absolute atomic E-state index is 14.5. The van der Waals surface area contributed by atoms with E-state index in [-0.39, 0.29) is 12.7 Å². The molecule has 0 aliphatic carbocycles. The number of carbonyl (C=O) groups excluding carboxylic acids is 2. The lowest BCUT2D eigenvalue weighted by atomic mass is 9.85. The van der Waals surface area contributed by atoms with Gasteiger partial charge in [-0.05, 0) is 32.1 Å². The minimum absolute atomic E-state index is 0.184. The first-order valence-corrected chi connectivity index (χ1v) is 19.8. The summed E-state index contributed by atoms with van der Waals surface area (Å²) < 4.78 is 19.4. The average molecular weight is 673 g/mol. The molecule has 3 saturated heterocycles. The fourth-order valence-corrected chi connectivity index (χ4v) is 8.93. The van der Waals surface area contributed by atoms with Gasteiger partial charge in [-0.3, -0.25) is 0 Å². The highest BCUT2D eigenvalue weighted by Crippen LogP contribution is 2.47.